The molecule has 4 rings (SSSR count). The Morgan fingerprint density at radius 3 is 2.24 bits per heavy atom. The highest BCUT2D eigenvalue weighted by Crippen LogP contribution is 2.37. The first-order chi connectivity index (χ1) is 12.1. The molecule has 3 nitrogen and oxygen atoms in total. The molecule has 0 unspecified atom stereocenters. The number of carbonyl (C=O) groups is 2. The van der Waals surface area contributed by atoms with E-state index < -0.39 is 11.8 Å². The second kappa shape index (κ2) is 5.87. The monoisotopic (exact) mass is 347 g/mol. The predicted octanol–water partition coefficient (Wildman–Crippen LogP) is 4.67. The third-order valence-corrected chi connectivity index (χ3v) is 4.73. The average Bonchev–Trinajstić information content (AvgIpc) is 2.85. The standard InChI is InChI=1S/C21H14ClNO2/c1-13-9-11-15(12-10-13)18-19(22)21(25)23(20(18)24)17-8-4-6-14-5-2-3-7-16(14)17/h2-12H,1H3. The fraction of sp³-hybridized carbons (Fsp3) is 0.0476. The third kappa shape index (κ3) is 2.44. The summed E-state index contributed by atoms with van der Waals surface area (Å²) in [4.78, 5) is 26.9. The van der Waals surface area contributed by atoms with Gasteiger partial charge in [0.05, 0.1) is 11.3 Å². The third-order valence-electron chi connectivity index (χ3n) is 4.38. The van der Waals surface area contributed by atoms with Crippen LogP contribution in [0.1, 0.15) is 11.1 Å². The summed E-state index contributed by atoms with van der Waals surface area (Å²) in [7, 11) is 0. The molecule has 2 amide bonds. The number of nitrogens with zero attached hydrogens (tertiary/aromatic N) is 1. The van der Waals surface area contributed by atoms with Crippen molar-refractivity contribution in [2.24, 2.45) is 0 Å². The van der Waals surface area contributed by atoms with Crippen molar-refractivity contribution in [3.63, 3.8) is 0 Å². The molecule has 0 atom stereocenters. The molecule has 1 heterocycles. The molecule has 122 valence electrons. The van der Waals surface area contributed by atoms with Gasteiger partial charge in [-0.1, -0.05) is 77.8 Å². The molecule has 0 N–H and O–H groups in total. The Hall–Kier alpha value is -2.91. The van der Waals surface area contributed by atoms with E-state index >= 15 is 0 Å². The van der Waals surface area contributed by atoms with E-state index in [1.807, 2.05) is 67.6 Å². The molecular formula is C21H14ClNO2. The second-order valence-electron chi connectivity index (χ2n) is 6.00. The van der Waals surface area contributed by atoms with Gasteiger partial charge in [-0.15, -0.1) is 0 Å². The van der Waals surface area contributed by atoms with E-state index in [1.54, 1.807) is 6.07 Å². The van der Waals surface area contributed by atoms with Crippen LogP contribution < -0.4 is 4.90 Å². The molecular weight excluding hydrogens is 334 g/mol. The average molecular weight is 348 g/mol. The summed E-state index contributed by atoms with van der Waals surface area (Å²) >= 11 is 6.26. The zero-order valence-electron chi connectivity index (χ0n) is 13.5. The van der Waals surface area contributed by atoms with Crippen LogP contribution in [0, 0.1) is 6.92 Å². The second-order valence-corrected chi connectivity index (χ2v) is 6.38. The maximum atomic E-state index is 13.0. The summed E-state index contributed by atoms with van der Waals surface area (Å²) < 4.78 is 0. The summed E-state index contributed by atoms with van der Waals surface area (Å²) in [6.45, 7) is 1.96. The molecule has 0 saturated heterocycles. The van der Waals surface area contributed by atoms with Crippen LogP contribution in [0.15, 0.2) is 71.8 Å². The van der Waals surface area contributed by atoms with Gasteiger partial charge in [-0.25, -0.2) is 4.90 Å². The molecule has 0 bridgehead atoms. The molecule has 4 heteroatoms. The van der Waals surface area contributed by atoms with Gasteiger partial charge in [-0.05, 0) is 23.9 Å². The van der Waals surface area contributed by atoms with Gasteiger partial charge in [0.1, 0.15) is 5.03 Å². The predicted molar refractivity (Wildman–Crippen MR) is 100 cm³/mol. The fourth-order valence-electron chi connectivity index (χ4n) is 3.10. The minimum absolute atomic E-state index is 0.0400. The van der Waals surface area contributed by atoms with E-state index in [0.717, 1.165) is 16.3 Å². The molecule has 3 aromatic rings. The van der Waals surface area contributed by atoms with Crippen molar-refractivity contribution < 1.29 is 9.59 Å². The highest BCUT2D eigenvalue weighted by atomic mass is 35.5. The Labute approximate surface area is 150 Å². The van der Waals surface area contributed by atoms with Gasteiger partial charge in [-0.2, -0.15) is 0 Å². The van der Waals surface area contributed by atoms with E-state index in [-0.39, 0.29) is 10.6 Å². The number of imide groups is 1. The number of carbonyl (C=O) groups excluding carboxylic acids is 2. The van der Waals surface area contributed by atoms with Crippen LogP contribution in [0.4, 0.5) is 5.69 Å². The first-order valence-electron chi connectivity index (χ1n) is 7.91. The van der Waals surface area contributed by atoms with E-state index in [2.05, 4.69) is 0 Å². The van der Waals surface area contributed by atoms with Crippen LogP contribution in [0.5, 0.6) is 0 Å². The Kier molecular flexibility index (Phi) is 3.66. The molecule has 1 aliphatic rings. The number of fused-ring (bicyclic) bond motifs is 1. The van der Waals surface area contributed by atoms with Crippen molar-refractivity contribution in [2.75, 3.05) is 4.90 Å². The quantitative estimate of drug-likeness (QED) is 0.632. The van der Waals surface area contributed by atoms with Crippen molar-refractivity contribution >= 4 is 45.4 Å². The Bertz CT molecular complexity index is 1050. The summed E-state index contributed by atoms with van der Waals surface area (Å²) in [6, 6.07) is 20.6. The molecule has 3 aromatic carbocycles. The van der Waals surface area contributed by atoms with Gasteiger partial charge in [0.15, 0.2) is 0 Å². The van der Waals surface area contributed by atoms with Crippen molar-refractivity contribution in [1.29, 1.82) is 0 Å². The van der Waals surface area contributed by atoms with Crippen molar-refractivity contribution in [2.45, 2.75) is 6.92 Å². The smallest absolute Gasteiger partial charge is 0.268 e. The Morgan fingerprint density at radius 1 is 0.800 bits per heavy atom. The van der Waals surface area contributed by atoms with Gasteiger partial charge >= 0.3 is 0 Å². The molecule has 0 aromatic heterocycles. The van der Waals surface area contributed by atoms with Gasteiger partial charge in [0.25, 0.3) is 11.8 Å². The van der Waals surface area contributed by atoms with Gasteiger partial charge in [-0.3, -0.25) is 9.59 Å². The minimum atomic E-state index is -0.487. The van der Waals surface area contributed by atoms with Gasteiger partial charge in [0.2, 0.25) is 0 Å². The number of anilines is 1. The molecule has 25 heavy (non-hydrogen) atoms. The fourth-order valence-corrected chi connectivity index (χ4v) is 3.37. The Balaban J connectivity index is 1.85. The summed E-state index contributed by atoms with van der Waals surface area (Å²) in [5, 5.41) is 1.75. The van der Waals surface area contributed by atoms with Crippen LogP contribution in [0.2, 0.25) is 0 Å². The number of rotatable bonds is 2. The van der Waals surface area contributed by atoms with E-state index in [1.165, 1.54) is 4.90 Å². The highest BCUT2D eigenvalue weighted by Gasteiger charge is 2.39. The first-order valence-corrected chi connectivity index (χ1v) is 8.29. The number of hydrogen-bond acceptors (Lipinski definition) is 2. The largest absolute Gasteiger partial charge is 0.277 e. The van der Waals surface area contributed by atoms with Crippen molar-refractivity contribution in [3.8, 4) is 0 Å². The molecule has 0 fully saturated rings. The maximum absolute atomic E-state index is 13.0. The van der Waals surface area contributed by atoms with Crippen LogP contribution in [-0.4, -0.2) is 11.8 Å². The molecule has 0 radical (unpaired) electrons. The van der Waals surface area contributed by atoms with E-state index in [4.69, 9.17) is 11.6 Å². The van der Waals surface area contributed by atoms with Crippen LogP contribution >= 0.6 is 11.6 Å². The van der Waals surface area contributed by atoms with Gasteiger partial charge < -0.3 is 0 Å². The number of hydrogen-bond donors (Lipinski definition) is 0. The number of benzene rings is 3. The normalized spacial score (nSPS) is 14.7. The number of amides is 2. The highest BCUT2D eigenvalue weighted by molar-refractivity contribution is 6.60. The maximum Gasteiger partial charge on any atom is 0.277 e. The molecule has 0 aliphatic carbocycles. The Morgan fingerprint density at radius 2 is 1.48 bits per heavy atom. The lowest BCUT2D eigenvalue weighted by Crippen LogP contribution is -2.31. The molecule has 0 spiro atoms. The van der Waals surface area contributed by atoms with Crippen LogP contribution in [0.3, 0.4) is 0 Å². The lowest BCUT2D eigenvalue weighted by Gasteiger charge is -2.17. The zero-order chi connectivity index (χ0) is 17.6. The lowest BCUT2D eigenvalue weighted by molar-refractivity contribution is -0.119. The van der Waals surface area contributed by atoms with E-state index in [0.29, 0.717) is 11.3 Å². The van der Waals surface area contributed by atoms with Gasteiger partial charge in [0, 0.05) is 5.39 Å². The number of aryl methyl sites for hydroxylation is 1. The van der Waals surface area contributed by atoms with Crippen LogP contribution in [-0.2, 0) is 9.59 Å². The number of halogens is 1. The summed E-state index contributed by atoms with van der Waals surface area (Å²) in [5.41, 5.74) is 2.52. The SMILES string of the molecule is Cc1ccc(C2=C(Cl)C(=O)N(c3cccc4ccccc34)C2=O)cc1. The minimum Gasteiger partial charge on any atom is -0.268 e. The lowest BCUT2D eigenvalue weighted by atomic mass is 10.0. The van der Waals surface area contributed by atoms with E-state index in [9.17, 15) is 9.59 Å². The summed E-state index contributed by atoms with van der Waals surface area (Å²) in [6.07, 6.45) is 0. The van der Waals surface area contributed by atoms with Crippen molar-refractivity contribution in [1.82, 2.24) is 0 Å². The molecule has 1 aliphatic heterocycles. The first kappa shape index (κ1) is 15.6. The molecule has 0 saturated carbocycles. The topological polar surface area (TPSA) is 37.4 Å². The van der Waals surface area contributed by atoms with Crippen LogP contribution in [0.25, 0.3) is 16.3 Å². The summed E-state index contributed by atoms with van der Waals surface area (Å²) in [5.74, 6) is -0.881. The van der Waals surface area contributed by atoms with Crippen molar-refractivity contribution in [3.05, 3.63) is 82.9 Å². The zero-order valence-corrected chi connectivity index (χ0v) is 14.2.